The number of methoxy groups -OCH3 is 2. The van der Waals surface area contributed by atoms with Crippen molar-refractivity contribution in [2.24, 2.45) is 0 Å². The SMILES string of the molecule is COc1ccc(-c2nc(C)c(C(=O)N(Cc3cccc(F)c3)C3CC3)s2)cc1OC. The zero-order chi connectivity index (χ0) is 21.3. The van der Waals surface area contributed by atoms with Crippen LogP contribution in [0, 0.1) is 12.7 Å². The van der Waals surface area contributed by atoms with Gasteiger partial charge in [-0.15, -0.1) is 11.3 Å². The summed E-state index contributed by atoms with van der Waals surface area (Å²) in [5.74, 6) is 0.908. The number of ether oxygens (including phenoxy) is 2. The van der Waals surface area contributed by atoms with Gasteiger partial charge < -0.3 is 14.4 Å². The molecule has 1 aromatic heterocycles. The molecule has 1 amide bonds. The Morgan fingerprint density at radius 1 is 1.17 bits per heavy atom. The molecule has 0 aliphatic heterocycles. The van der Waals surface area contributed by atoms with Crippen LogP contribution in [-0.4, -0.2) is 36.1 Å². The molecular weight excluding hydrogens is 403 g/mol. The highest BCUT2D eigenvalue weighted by molar-refractivity contribution is 7.17. The van der Waals surface area contributed by atoms with E-state index in [0.717, 1.165) is 29.0 Å². The number of carbonyl (C=O) groups is 1. The third-order valence-corrected chi connectivity index (χ3v) is 6.31. The van der Waals surface area contributed by atoms with Crippen LogP contribution in [-0.2, 0) is 6.54 Å². The van der Waals surface area contributed by atoms with Gasteiger partial charge in [-0.3, -0.25) is 4.79 Å². The lowest BCUT2D eigenvalue weighted by molar-refractivity contribution is 0.0733. The zero-order valence-electron chi connectivity index (χ0n) is 17.1. The molecule has 0 saturated heterocycles. The quantitative estimate of drug-likeness (QED) is 0.529. The summed E-state index contributed by atoms with van der Waals surface area (Å²) in [5, 5.41) is 0.748. The fraction of sp³-hybridized carbons (Fsp3) is 0.304. The second-order valence-electron chi connectivity index (χ2n) is 7.30. The summed E-state index contributed by atoms with van der Waals surface area (Å²) < 4.78 is 24.3. The van der Waals surface area contributed by atoms with E-state index in [0.29, 0.717) is 28.6 Å². The number of amides is 1. The Morgan fingerprint density at radius 2 is 1.93 bits per heavy atom. The molecule has 1 aliphatic carbocycles. The van der Waals surface area contributed by atoms with Gasteiger partial charge in [-0.05, 0) is 55.7 Å². The van der Waals surface area contributed by atoms with Crippen LogP contribution in [0.4, 0.5) is 4.39 Å². The molecule has 3 aromatic rings. The average molecular weight is 427 g/mol. The second-order valence-corrected chi connectivity index (χ2v) is 8.30. The Labute approximate surface area is 179 Å². The summed E-state index contributed by atoms with van der Waals surface area (Å²) in [5.41, 5.74) is 2.35. The molecule has 2 aromatic carbocycles. The average Bonchev–Trinajstić information content (AvgIpc) is 3.52. The van der Waals surface area contributed by atoms with Crippen molar-refractivity contribution < 1.29 is 18.7 Å². The first kappa shape index (κ1) is 20.3. The van der Waals surface area contributed by atoms with Gasteiger partial charge in [0.1, 0.15) is 15.7 Å². The molecule has 30 heavy (non-hydrogen) atoms. The summed E-state index contributed by atoms with van der Waals surface area (Å²) in [7, 11) is 3.18. The number of hydrogen-bond acceptors (Lipinski definition) is 5. The van der Waals surface area contributed by atoms with E-state index in [9.17, 15) is 9.18 Å². The van der Waals surface area contributed by atoms with Crippen LogP contribution in [0.5, 0.6) is 11.5 Å². The molecule has 4 rings (SSSR count). The predicted molar refractivity (Wildman–Crippen MR) is 115 cm³/mol. The first-order valence-corrected chi connectivity index (χ1v) is 10.6. The molecule has 1 heterocycles. The highest BCUT2D eigenvalue weighted by atomic mass is 32.1. The maximum atomic E-state index is 13.6. The number of aromatic nitrogens is 1. The molecule has 0 radical (unpaired) electrons. The molecule has 0 atom stereocenters. The molecule has 1 saturated carbocycles. The number of hydrogen-bond donors (Lipinski definition) is 0. The van der Waals surface area contributed by atoms with E-state index in [1.54, 1.807) is 20.3 Å². The van der Waals surface area contributed by atoms with E-state index in [4.69, 9.17) is 9.47 Å². The van der Waals surface area contributed by atoms with E-state index < -0.39 is 0 Å². The number of halogens is 1. The minimum atomic E-state index is -0.291. The van der Waals surface area contributed by atoms with Crippen molar-refractivity contribution >= 4 is 17.2 Å². The molecule has 5 nitrogen and oxygen atoms in total. The number of aryl methyl sites for hydroxylation is 1. The first-order chi connectivity index (χ1) is 14.5. The van der Waals surface area contributed by atoms with Crippen molar-refractivity contribution in [3.05, 3.63) is 64.4 Å². The van der Waals surface area contributed by atoms with E-state index in [2.05, 4.69) is 4.98 Å². The lowest BCUT2D eigenvalue weighted by Gasteiger charge is -2.22. The molecule has 156 valence electrons. The molecular formula is C23H23FN2O3S. The Kier molecular flexibility index (Phi) is 5.72. The van der Waals surface area contributed by atoms with Crippen molar-refractivity contribution in [1.29, 1.82) is 0 Å². The number of thiazole rings is 1. The van der Waals surface area contributed by atoms with Gasteiger partial charge in [0.05, 0.1) is 19.9 Å². The fourth-order valence-electron chi connectivity index (χ4n) is 3.40. The fourth-order valence-corrected chi connectivity index (χ4v) is 4.42. The largest absolute Gasteiger partial charge is 0.493 e. The number of rotatable bonds is 7. The normalized spacial score (nSPS) is 13.2. The molecule has 1 fully saturated rings. The summed E-state index contributed by atoms with van der Waals surface area (Å²) >= 11 is 1.37. The highest BCUT2D eigenvalue weighted by Gasteiger charge is 2.34. The first-order valence-electron chi connectivity index (χ1n) is 9.75. The Bertz CT molecular complexity index is 1080. The third-order valence-electron chi connectivity index (χ3n) is 5.11. The van der Waals surface area contributed by atoms with Gasteiger partial charge in [-0.1, -0.05) is 12.1 Å². The summed E-state index contributed by atoms with van der Waals surface area (Å²) in [4.78, 5) is 20.4. The highest BCUT2D eigenvalue weighted by Crippen LogP contribution is 2.37. The van der Waals surface area contributed by atoms with Crippen LogP contribution in [0.15, 0.2) is 42.5 Å². The molecule has 1 aliphatic rings. The van der Waals surface area contributed by atoms with E-state index in [1.165, 1.54) is 23.5 Å². The van der Waals surface area contributed by atoms with Gasteiger partial charge >= 0.3 is 0 Å². The van der Waals surface area contributed by atoms with Crippen molar-refractivity contribution in [3.8, 4) is 22.1 Å². The smallest absolute Gasteiger partial charge is 0.266 e. The zero-order valence-corrected chi connectivity index (χ0v) is 18.0. The molecule has 0 N–H and O–H groups in total. The minimum absolute atomic E-state index is 0.0523. The van der Waals surface area contributed by atoms with Crippen molar-refractivity contribution in [2.45, 2.75) is 32.4 Å². The Morgan fingerprint density at radius 3 is 2.60 bits per heavy atom. The van der Waals surface area contributed by atoms with Gasteiger partial charge in [0.15, 0.2) is 11.5 Å². The lowest BCUT2D eigenvalue weighted by Crippen LogP contribution is -2.32. The van der Waals surface area contributed by atoms with Crippen LogP contribution in [0.25, 0.3) is 10.6 Å². The second kappa shape index (κ2) is 8.44. The minimum Gasteiger partial charge on any atom is -0.493 e. The van der Waals surface area contributed by atoms with Gasteiger partial charge in [-0.2, -0.15) is 0 Å². The summed E-state index contributed by atoms with van der Waals surface area (Å²) in [6, 6.07) is 12.2. The maximum Gasteiger partial charge on any atom is 0.266 e. The monoisotopic (exact) mass is 426 g/mol. The van der Waals surface area contributed by atoms with E-state index in [-0.39, 0.29) is 17.8 Å². The van der Waals surface area contributed by atoms with Crippen LogP contribution in [0.3, 0.4) is 0 Å². The third kappa shape index (κ3) is 4.16. The van der Waals surface area contributed by atoms with Gasteiger partial charge in [-0.25, -0.2) is 9.37 Å². The van der Waals surface area contributed by atoms with Gasteiger partial charge in [0.2, 0.25) is 0 Å². The molecule has 7 heteroatoms. The number of nitrogens with zero attached hydrogens (tertiary/aromatic N) is 2. The van der Waals surface area contributed by atoms with Crippen molar-refractivity contribution in [2.75, 3.05) is 14.2 Å². The van der Waals surface area contributed by atoms with Gasteiger partial charge in [0, 0.05) is 18.2 Å². The Balaban J connectivity index is 1.62. The molecule has 0 bridgehead atoms. The topological polar surface area (TPSA) is 51.7 Å². The summed E-state index contributed by atoms with van der Waals surface area (Å²) in [6.45, 7) is 2.24. The van der Waals surface area contributed by atoms with Crippen molar-refractivity contribution in [1.82, 2.24) is 9.88 Å². The molecule has 0 spiro atoms. The predicted octanol–water partition coefficient (Wildman–Crippen LogP) is 5.08. The van der Waals surface area contributed by atoms with E-state index >= 15 is 0 Å². The van der Waals surface area contributed by atoms with Crippen LogP contribution in [0.2, 0.25) is 0 Å². The van der Waals surface area contributed by atoms with Crippen LogP contribution < -0.4 is 9.47 Å². The maximum absolute atomic E-state index is 13.6. The van der Waals surface area contributed by atoms with E-state index in [1.807, 2.05) is 36.1 Å². The standard InChI is InChI=1S/C23H23FN2O3S/c1-14-21(30-22(25-14)16-7-10-19(28-2)20(12-16)29-3)23(27)26(18-8-9-18)13-15-5-4-6-17(24)11-15/h4-7,10-12,18H,8-9,13H2,1-3H3. The molecule has 0 unspecified atom stereocenters. The number of carbonyl (C=O) groups excluding carboxylic acids is 1. The Hall–Kier alpha value is -2.93. The van der Waals surface area contributed by atoms with Crippen molar-refractivity contribution in [3.63, 3.8) is 0 Å². The summed E-state index contributed by atoms with van der Waals surface area (Å²) in [6.07, 6.45) is 1.95. The van der Waals surface area contributed by atoms with Crippen LogP contribution in [0.1, 0.15) is 33.8 Å². The van der Waals surface area contributed by atoms with Gasteiger partial charge in [0.25, 0.3) is 5.91 Å². The van der Waals surface area contributed by atoms with Crippen LogP contribution >= 0.6 is 11.3 Å². The number of benzene rings is 2. The lowest BCUT2D eigenvalue weighted by atomic mass is 10.2.